The minimum absolute atomic E-state index is 0.777. The molecule has 0 aliphatic rings. The van der Waals surface area contributed by atoms with Gasteiger partial charge in [-0.3, -0.25) is 0 Å². The Morgan fingerprint density at radius 3 is 3.08 bits per heavy atom. The zero-order chi connectivity index (χ0) is 9.26. The molecule has 1 heterocycles. The molecule has 4 heteroatoms. The van der Waals surface area contributed by atoms with Crippen LogP contribution in [0.2, 0.25) is 0 Å². The third-order valence-electron chi connectivity index (χ3n) is 1.97. The highest BCUT2D eigenvalue weighted by molar-refractivity contribution is 9.08. The molecule has 68 valence electrons. The van der Waals surface area contributed by atoms with Crippen LogP contribution in [0.3, 0.4) is 0 Å². The molecule has 0 spiro atoms. The molecule has 2 aromatic rings. The molecular weight excluding hydrogens is 232 g/mol. The molecule has 1 aromatic carbocycles. The monoisotopic (exact) mass is 240 g/mol. The molecule has 1 N–H and O–H groups in total. The Labute approximate surface area is 84.3 Å². The number of rotatable bonds is 2. The number of halogens is 1. The molecule has 0 atom stereocenters. The topological polar surface area (TPSA) is 37.9 Å². The summed E-state index contributed by atoms with van der Waals surface area (Å²) in [6.07, 6.45) is 1.67. The number of aromatic nitrogens is 2. The van der Waals surface area contributed by atoms with E-state index in [0.29, 0.717) is 0 Å². The molecule has 0 bridgehead atoms. The largest absolute Gasteiger partial charge is 0.494 e. The van der Waals surface area contributed by atoms with Crippen LogP contribution in [0.15, 0.2) is 18.5 Å². The number of methoxy groups -OCH3 is 1. The molecule has 0 radical (unpaired) electrons. The van der Waals surface area contributed by atoms with Gasteiger partial charge in [0.05, 0.1) is 19.0 Å². The molecule has 1 aromatic heterocycles. The fourth-order valence-corrected chi connectivity index (χ4v) is 1.80. The van der Waals surface area contributed by atoms with Gasteiger partial charge < -0.3 is 9.72 Å². The van der Waals surface area contributed by atoms with Crippen molar-refractivity contribution in [3.05, 3.63) is 24.0 Å². The summed E-state index contributed by atoms with van der Waals surface area (Å²) in [4.78, 5) is 7.24. The van der Waals surface area contributed by atoms with Crippen LogP contribution in [0, 0.1) is 0 Å². The van der Waals surface area contributed by atoms with E-state index < -0.39 is 0 Å². The summed E-state index contributed by atoms with van der Waals surface area (Å²) in [5.74, 6) is 0.843. The second-order valence-electron chi connectivity index (χ2n) is 2.69. The Hall–Kier alpha value is -1.03. The predicted molar refractivity (Wildman–Crippen MR) is 55.3 cm³/mol. The van der Waals surface area contributed by atoms with Crippen molar-refractivity contribution in [3.8, 4) is 5.75 Å². The first-order valence-electron chi connectivity index (χ1n) is 3.91. The second-order valence-corrected chi connectivity index (χ2v) is 3.25. The maximum absolute atomic E-state index is 5.30. The van der Waals surface area contributed by atoms with Gasteiger partial charge in [-0.1, -0.05) is 22.0 Å². The quantitative estimate of drug-likeness (QED) is 0.820. The first-order chi connectivity index (χ1) is 6.36. The number of alkyl halides is 1. The van der Waals surface area contributed by atoms with Gasteiger partial charge in [0, 0.05) is 10.9 Å². The second kappa shape index (κ2) is 3.38. The highest BCUT2D eigenvalue weighted by Gasteiger charge is 2.08. The van der Waals surface area contributed by atoms with Crippen molar-refractivity contribution < 1.29 is 4.74 Å². The molecule has 0 saturated heterocycles. The number of hydrogen-bond acceptors (Lipinski definition) is 2. The van der Waals surface area contributed by atoms with E-state index in [9.17, 15) is 0 Å². The van der Waals surface area contributed by atoms with E-state index >= 15 is 0 Å². The summed E-state index contributed by atoms with van der Waals surface area (Å²) < 4.78 is 5.30. The van der Waals surface area contributed by atoms with E-state index in [1.165, 1.54) is 0 Å². The lowest BCUT2D eigenvalue weighted by Gasteiger charge is -2.05. The van der Waals surface area contributed by atoms with Gasteiger partial charge in [-0.15, -0.1) is 0 Å². The zero-order valence-corrected chi connectivity index (χ0v) is 8.76. The normalized spacial score (nSPS) is 10.6. The van der Waals surface area contributed by atoms with Crippen molar-refractivity contribution in [2.24, 2.45) is 0 Å². The van der Waals surface area contributed by atoms with Crippen LogP contribution in [0.5, 0.6) is 5.75 Å². The zero-order valence-electron chi connectivity index (χ0n) is 7.17. The van der Waals surface area contributed by atoms with Crippen molar-refractivity contribution in [3.63, 3.8) is 0 Å². The molecule has 2 rings (SSSR count). The summed E-state index contributed by atoms with van der Waals surface area (Å²) >= 11 is 3.41. The van der Waals surface area contributed by atoms with Crippen molar-refractivity contribution in [2.45, 2.75) is 5.33 Å². The van der Waals surface area contributed by atoms with E-state index in [-0.39, 0.29) is 0 Å². The maximum Gasteiger partial charge on any atom is 0.150 e. The lowest BCUT2D eigenvalue weighted by atomic mass is 10.2. The van der Waals surface area contributed by atoms with Gasteiger partial charge in [0.1, 0.15) is 5.52 Å². The standard InChI is InChI=1S/C9H9BrN2O/c1-13-9-6(4-10)2-3-7-8(9)12-5-11-7/h2-3,5H,4H2,1H3,(H,11,12). The molecule has 3 nitrogen and oxygen atoms in total. The Bertz CT molecular complexity index is 424. The Balaban J connectivity index is 2.74. The summed E-state index contributed by atoms with van der Waals surface area (Å²) in [6.45, 7) is 0. The summed E-state index contributed by atoms with van der Waals surface area (Å²) in [7, 11) is 1.66. The Kier molecular flexibility index (Phi) is 2.22. The summed E-state index contributed by atoms with van der Waals surface area (Å²) in [5, 5.41) is 0.777. The molecule has 0 amide bonds. The van der Waals surface area contributed by atoms with Gasteiger partial charge in [0.15, 0.2) is 5.75 Å². The number of benzene rings is 1. The molecule has 0 fully saturated rings. The molecule has 0 unspecified atom stereocenters. The molecule has 0 aliphatic carbocycles. The van der Waals surface area contributed by atoms with Gasteiger partial charge in [0.2, 0.25) is 0 Å². The third-order valence-corrected chi connectivity index (χ3v) is 2.58. The van der Waals surface area contributed by atoms with Gasteiger partial charge in [-0.2, -0.15) is 0 Å². The van der Waals surface area contributed by atoms with E-state index in [1.807, 2.05) is 12.1 Å². The fraction of sp³-hybridized carbons (Fsp3) is 0.222. The van der Waals surface area contributed by atoms with Gasteiger partial charge in [-0.25, -0.2) is 4.98 Å². The number of H-pyrrole nitrogens is 1. The number of nitrogens with one attached hydrogen (secondary N) is 1. The number of hydrogen-bond donors (Lipinski definition) is 1. The Morgan fingerprint density at radius 1 is 1.54 bits per heavy atom. The summed E-state index contributed by atoms with van der Waals surface area (Å²) in [5.41, 5.74) is 3.00. The molecule has 0 saturated carbocycles. The first kappa shape index (κ1) is 8.56. The average Bonchev–Trinajstić information content (AvgIpc) is 2.63. The molecular formula is C9H9BrN2O. The number of fused-ring (bicyclic) bond motifs is 1. The lowest BCUT2D eigenvalue weighted by Crippen LogP contribution is -1.90. The van der Waals surface area contributed by atoms with Crippen molar-refractivity contribution in [2.75, 3.05) is 7.11 Å². The fourth-order valence-electron chi connectivity index (χ4n) is 1.36. The minimum atomic E-state index is 0.777. The number of ether oxygens (including phenoxy) is 1. The number of aromatic amines is 1. The van der Waals surface area contributed by atoms with Crippen molar-refractivity contribution in [1.29, 1.82) is 0 Å². The lowest BCUT2D eigenvalue weighted by molar-refractivity contribution is 0.415. The van der Waals surface area contributed by atoms with Crippen LogP contribution in [-0.4, -0.2) is 17.1 Å². The van der Waals surface area contributed by atoms with E-state index in [2.05, 4.69) is 25.9 Å². The van der Waals surface area contributed by atoms with E-state index in [0.717, 1.165) is 27.7 Å². The van der Waals surface area contributed by atoms with E-state index in [4.69, 9.17) is 4.74 Å². The van der Waals surface area contributed by atoms with Crippen LogP contribution < -0.4 is 4.74 Å². The Morgan fingerprint density at radius 2 is 2.38 bits per heavy atom. The van der Waals surface area contributed by atoms with Crippen LogP contribution >= 0.6 is 15.9 Å². The van der Waals surface area contributed by atoms with Crippen LogP contribution in [0.1, 0.15) is 5.56 Å². The minimum Gasteiger partial charge on any atom is -0.494 e. The summed E-state index contributed by atoms with van der Waals surface area (Å²) in [6, 6.07) is 4.02. The predicted octanol–water partition coefficient (Wildman–Crippen LogP) is 2.47. The maximum atomic E-state index is 5.30. The van der Waals surface area contributed by atoms with Crippen LogP contribution in [0.25, 0.3) is 11.0 Å². The van der Waals surface area contributed by atoms with E-state index in [1.54, 1.807) is 13.4 Å². The highest BCUT2D eigenvalue weighted by atomic mass is 79.9. The first-order valence-corrected chi connectivity index (χ1v) is 5.04. The average molecular weight is 241 g/mol. The molecule has 0 aliphatic heterocycles. The van der Waals surface area contributed by atoms with Crippen molar-refractivity contribution >= 4 is 27.0 Å². The molecule has 13 heavy (non-hydrogen) atoms. The van der Waals surface area contributed by atoms with Crippen LogP contribution in [0.4, 0.5) is 0 Å². The van der Waals surface area contributed by atoms with Gasteiger partial charge in [0.25, 0.3) is 0 Å². The SMILES string of the molecule is COc1c(CBr)ccc2[nH]cnc12. The van der Waals surface area contributed by atoms with Crippen LogP contribution in [-0.2, 0) is 5.33 Å². The van der Waals surface area contributed by atoms with Crippen molar-refractivity contribution in [1.82, 2.24) is 9.97 Å². The smallest absolute Gasteiger partial charge is 0.150 e. The van der Waals surface area contributed by atoms with Gasteiger partial charge in [-0.05, 0) is 6.07 Å². The highest BCUT2D eigenvalue weighted by Crippen LogP contribution is 2.28. The number of nitrogens with zero attached hydrogens (tertiary/aromatic N) is 1. The van der Waals surface area contributed by atoms with Gasteiger partial charge >= 0.3 is 0 Å². The number of imidazole rings is 1. The third kappa shape index (κ3) is 1.31.